The van der Waals surface area contributed by atoms with Gasteiger partial charge in [0.1, 0.15) is 0 Å². The van der Waals surface area contributed by atoms with Crippen LogP contribution in [0.2, 0.25) is 0 Å². The van der Waals surface area contributed by atoms with Crippen molar-refractivity contribution >= 4 is 5.78 Å². The van der Waals surface area contributed by atoms with E-state index >= 15 is 0 Å². The van der Waals surface area contributed by atoms with Crippen molar-refractivity contribution < 1.29 is 4.79 Å². The van der Waals surface area contributed by atoms with Gasteiger partial charge in [-0.15, -0.1) is 0 Å². The number of carbonyl (C=O) groups is 1. The Morgan fingerprint density at radius 1 is 1.18 bits per heavy atom. The quantitative estimate of drug-likeness (QED) is 0.809. The number of ketones is 1. The minimum atomic E-state index is -0.00280. The van der Waals surface area contributed by atoms with Gasteiger partial charge in [0.2, 0.25) is 0 Å². The van der Waals surface area contributed by atoms with E-state index in [4.69, 9.17) is 5.73 Å². The van der Waals surface area contributed by atoms with Gasteiger partial charge in [-0.05, 0) is 36.7 Å². The van der Waals surface area contributed by atoms with Gasteiger partial charge < -0.3 is 5.73 Å². The molecule has 2 rings (SSSR count). The number of hydrogen-bond donors (Lipinski definition) is 1. The average molecular weight is 226 g/mol. The second-order valence-corrected chi connectivity index (χ2v) is 3.81. The summed E-state index contributed by atoms with van der Waals surface area (Å²) in [4.78, 5) is 16.1. The molecular formula is C14H14N2O. The fourth-order valence-electron chi connectivity index (χ4n) is 1.70. The smallest absolute Gasteiger partial charge is 0.194 e. The van der Waals surface area contributed by atoms with E-state index < -0.39 is 0 Å². The standard InChI is InChI=1S/C14H14N2O/c15-7-6-11-3-1-4-12(9-11)14(17)13-5-2-8-16-10-13/h1-5,8-10H,6-7,15H2. The Morgan fingerprint density at radius 3 is 2.71 bits per heavy atom. The summed E-state index contributed by atoms with van der Waals surface area (Å²) in [7, 11) is 0. The van der Waals surface area contributed by atoms with Gasteiger partial charge in [0.05, 0.1) is 0 Å². The van der Waals surface area contributed by atoms with Gasteiger partial charge in [-0.2, -0.15) is 0 Å². The summed E-state index contributed by atoms with van der Waals surface area (Å²) in [5, 5.41) is 0. The normalized spacial score (nSPS) is 10.2. The Bertz CT molecular complexity index is 509. The van der Waals surface area contributed by atoms with Crippen molar-refractivity contribution in [1.29, 1.82) is 0 Å². The zero-order valence-electron chi connectivity index (χ0n) is 9.47. The minimum absolute atomic E-state index is 0.00280. The van der Waals surface area contributed by atoms with E-state index in [2.05, 4.69) is 4.98 Å². The highest BCUT2D eigenvalue weighted by molar-refractivity contribution is 6.08. The van der Waals surface area contributed by atoms with Gasteiger partial charge in [0, 0.05) is 23.5 Å². The molecule has 0 atom stereocenters. The summed E-state index contributed by atoms with van der Waals surface area (Å²) in [5.74, 6) is -0.00280. The van der Waals surface area contributed by atoms with Crippen molar-refractivity contribution in [3.63, 3.8) is 0 Å². The summed E-state index contributed by atoms with van der Waals surface area (Å²) in [6.45, 7) is 0.588. The monoisotopic (exact) mass is 226 g/mol. The van der Waals surface area contributed by atoms with Crippen molar-refractivity contribution in [3.8, 4) is 0 Å². The van der Waals surface area contributed by atoms with Crippen molar-refractivity contribution in [3.05, 3.63) is 65.5 Å². The number of rotatable bonds is 4. The number of nitrogens with two attached hydrogens (primary N) is 1. The van der Waals surface area contributed by atoms with Crippen molar-refractivity contribution in [2.45, 2.75) is 6.42 Å². The molecule has 0 aliphatic carbocycles. The minimum Gasteiger partial charge on any atom is -0.330 e. The summed E-state index contributed by atoms with van der Waals surface area (Å²) in [6, 6.07) is 11.1. The second-order valence-electron chi connectivity index (χ2n) is 3.81. The van der Waals surface area contributed by atoms with E-state index in [1.807, 2.05) is 24.3 Å². The second kappa shape index (κ2) is 5.37. The molecule has 86 valence electrons. The van der Waals surface area contributed by atoms with Gasteiger partial charge >= 0.3 is 0 Å². The van der Waals surface area contributed by atoms with Crippen LogP contribution >= 0.6 is 0 Å². The van der Waals surface area contributed by atoms with Gasteiger partial charge in [0.15, 0.2) is 5.78 Å². The molecule has 0 fully saturated rings. The van der Waals surface area contributed by atoms with Crippen LogP contribution in [0.25, 0.3) is 0 Å². The first-order valence-corrected chi connectivity index (χ1v) is 5.55. The predicted molar refractivity (Wildman–Crippen MR) is 66.9 cm³/mol. The van der Waals surface area contributed by atoms with Crippen molar-refractivity contribution in [1.82, 2.24) is 4.98 Å². The van der Waals surface area contributed by atoms with E-state index in [1.165, 1.54) is 0 Å². The van der Waals surface area contributed by atoms with Crippen LogP contribution in [-0.2, 0) is 6.42 Å². The summed E-state index contributed by atoms with van der Waals surface area (Å²) in [6.07, 6.45) is 4.02. The van der Waals surface area contributed by atoms with Gasteiger partial charge in [-0.25, -0.2) is 0 Å². The van der Waals surface area contributed by atoms with E-state index in [1.54, 1.807) is 24.5 Å². The Labute approximate surface area is 100 Å². The number of nitrogens with zero attached hydrogens (tertiary/aromatic N) is 1. The van der Waals surface area contributed by atoms with Crippen LogP contribution in [0.3, 0.4) is 0 Å². The predicted octanol–water partition coefficient (Wildman–Crippen LogP) is 1.81. The molecule has 0 amide bonds. The Balaban J connectivity index is 2.28. The van der Waals surface area contributed by atoms with Crippen LogP contribution in [0, 0.1) is 0 Å². The van der Waals surface area contributed by atoms with E-state index in [0.29, 0.717) is 17.7 Å². The molecule has 0 radical (unpaired) electrons. The molecule has 2 N–H and O–H groups in total. The molecule has 0 unspecified atom stereocenters. The number of aromatic nitrogens is 1. The largest absolute Gasteiger partial charge is 0.330 e. The molecule has 1 heterocycles. The lowest BCUT2D eigenvalue weighted by Gasteiger charge is -2.03. The van der Waals surface area contributed by atoms with Gasteiger partial charge in [-0.3, -0.25) is 9.78 Å². The molecule has 0 bridgehead atoms. The van der Waals surface area contributed by atoms with Crippen molar-refractivity contribution in [2.75, 3.05) is 6.54 Å². The van der Waals surface area contributed by atoms with E-state index in [-0.39, 0.29) is 5.78 Å². The Morgan fingerprint density at radius 2 is 2.00 bits per heavy atom. The zero-order valence-corrected chi connectivity index (χ0v) is 9.47. The van der Waals surface area contributed by atoms with Gasteiger partial charge in [0.25, 0.3) is 0 Å². The maximum Gasteiger partial charge on any atom is 0.194 e. The van der Waals surface area contributed by atoms with E-state index in [9.17, 15) is 4.79 Å². The first-order valence-electron chi connectivity index (χ1n) is 5.55. The van der Waals surface area contributed by atoms with Crippen LogP contribution in [-0.4, -0.2) is 17.3 Å². The topological polar surface area (TPSA) is 56.0 Å². The lowest BCUT2D eigenvalue weighted by Crippen LogP contribution is -2.05. The first kappa shape index (κ1) is 11.5. The third-order valence-corrected chi connectivity index (χ3v) is 2.55. The summed E-state index contributed by atoms with van der Waals surface area (Å²) in [5.41, 5.74) is 7.88. The molecule has 1 aromatic heterocycles. The van der Waals surface area contributed by atoms with Crippen LogP contribution < -0.4 is 5.73 Å². The zero-order chi connectivity index (χ0) is 12.1. The van der Waals surface area contributed by atoms with Gasteiger partial charge in [-0.1, -0.05) is 18.2 Å². The fraction of sp³-hybridized carbons (Fsp3) is 0.143. The molecule has 0 spiro atoms. The molecule has 0 saturated carbocycles. The number of hydrogen-bond acceptors (Lipinski definition) is 3. The number of pyridine rings is 1. The highest BCUT2D eigenvalue weighted by Gasteiger charge is 2.08. The molecule has 17 heavy (non-hydrogen) atoms. The molecule has 0 aliphatic rings. The maximum atomic E-state index is 12.1. The first-order chi connectivity index (χ1) is 8.31. The number of carbonyl (C=O) groups excluding carboxylic acids is 1. The SMILES string of the molecule is NCCc1cccc(C(=O)c2cccnc2)c1. The molecule has 0 aliphatic heterocycles. The van der Waals surface area contributed by atoms with Crippen LogP contribution in [0.4, 0.5) is 0 Å². The highest BCUT2D eigenvalue weighted by atomic mass is 16.1. The Hall–Kier alpha value is -2.00. The molecular weight excluding hydrogens is 212 g/mol. The third kappa shape index (κ3) is 2.77. The third-order valence-electron chi connectivity index (χ3n) is 2.55. The maximum absolute atomic E-state index is 12.1. The number of benzene rings is 1. The van der Waals surface area contributed by atoms with E-state index in [0.717, 1.165) is 12.0 Å². The average Bonchev–Trinajstić information content (AvgIpc) is 2.40. The van der Waals surface area contributed by atoms with Crippen LogP contribution in [0.15, 0.2) is 48.8 Å². The lowest BCUT2D eigenvalue weighted by atomic mass is 10.0. The summed E-state index contributed by atoms with van der Waals surface area (Å²) < 4.78 is 0. The van der Waals surface area contributed by atoms with Crippen LogP contribution in [0.5, 0.6) is 0 Å². The molecule has 0 saturated heterocycles. The lowest BCUT2D eigenvalue weighted by molar-refractivity contribution is 0.103. The molecule has 3 heteroatoms. The summed E-state index contributed by atoms with van der Waals surface area (Å²) >= 11 is 0. The molecule has 3 nitrogen and oxygen atoms in total. The fourth-order valence-corrected chi connectivity index (χ4v) is 1.70. The van der Waals surface area contributed by atoms with Crippen molar-refractivity contribution in [2.24, 2.45) is 5.73 Å². The highest BCUT2D eigenvalue weighted by Crippen LogP contribution is 2.11. The molecule has 1 aromatic carbocycles. The van der Waals surface area contributed by atoms with Crippen LogP contribution in [0.1, 0.15) is 21.5 Å². The Kier molecular flexibility index (Phi) is 3.62. The molecule has 2 aromatic rings.